The number of esters is 1. The van der Waals surface area contributed by atoms with Crippen LogP contribution in [0.2, 0.25) is 0 Å². The number of carbonyl (C=O) groups excluding carboxylic acids is 1. The Morgan fingerprint density at radius 2 is 0.895 bits per heavy atom. The molecule has 6 atom stereocenters. The summed E-state index contributed by atoms with van der Waals surface area (Å²) in [6, 6.07) is 0. The Hall–Kier alpha value is -0.530. The minimum Gasteiger partial charge on any atom is -0.465 e. The van der Waals surface area contributed by atoms with Crippen LogP contribution >= 0.6 is 0 Å². The average molecular weight is 537 g/mol. The average Bonchev–Trinajstić information content (AvgIpc) is 2.62. The van der Waals surface area contributed by atoms with Crippen LogP contribution in [-0.2, 0) is 9.53 Å². The lowest BCUT2D eigenvalue weighted by Crippen LogP contribution is -2.31. The van der Waals surface area contributed by atoms with Gasteiger partial charge in [-0.1, -0.05) is 117 Å². The van der Waals surface area contributed by atoms with E-state index in [9.17, 15) is 4.79 Å². The van der Waals surface area contributed by atoms with Gasteiger partial charge in [-0.25, -0.2) is 0 Å². The highest BCUT2D eigenvalue weighted by molar-refractivity contribution is 5.72. The van der Waals surface area contributed by atoms with Crippen molar-refractivity contribution in [3.05, 3.63) is 0 Å². The molecule has 6 unspecified atom stereocenters. The fourth-order valence-corrected chi connectivity index (χ4v) is 6.96. The highest BCUT2D eigenvalue weighted by atomic mass is 16.5. The second-order valence-corrected chi connectivity index (χ2v) is 18.4. The molecule has 0 aromatic rings. The van der Waals surface area contributed by atoms with Crippen molar-refractivity contribution in [3.63, 3.8) is 0 Å². The van der Waals surface area contributed by atoms with Crippen LogP contribution < -0.4 is 0 Å². The third-order valence-corrected chi connectivity index (χ3v) is 8.03. The normalized spacial score (nSPS) is 18.4. The largest absolute Gasteiger partial charge is 0.465 e. The molecule has 2 nitrogen and oxygen atoms in total. The van der Waals surface area contributed by atoms with E-state index in [4.69, 9.17) is 4.74 Å². The van der Waals surface area contributed by atoms with Gasteiger partial charge in [-0.3, -0.25) is 4.79 Å². The predicted molar refractivity (Wildman–Crippen MR) is 169 cm³/mol. The summed E-state index contributed by atoms with van der Waals surface area (Å²) in [5.74, 6) is 2.67. The van der Waals surface area contributed by atoms with Gasteiger partial charge in [-0.15, -0.1) is 0 Å². The van der Waals surface area contributed by atoms with Crippen LogP contribution in [0.15, 0.2) is 0 Å². The maximum atomic E-state index is 13.7. The zero-order valence-electron chi connectivity index (χ0n) is 29.1. The topological polar surface area (TPSA) is 26.3 Å². The number of rotatable bonds is 15. The molecule has 0 N–H and O–H groups in total. The fourth-order valence-electron chi connectivity index (χ4n) is 6.96. The smallest absolute Gasteiger partial charge is 0.309 e. The quantitative estimate of drug-likeness (QED) is 0.194. The molecule has 0 heterocycles. The summed E-state index contributed by atoms with van der Waals surface area (Å²) in [4.78, 5) is 13.7. The Kier molecular flexibility index (Phi) is 15.2. The van der Waals surface area contributed by atoms with Crippen LogP contribution in [0.5, 0.6) is 0 Å². The number of carbonyl (C=O) groups is 1. The Bertz CT molecular complexity index is 649. The van der Waals surface area contributed by atoms with Crippen molar-refractivity contribution in [1.82, 2.24) is 0 Å². The van der Waals surface area contributed by atoms with Crippen molar-refractivity contribution in [2.75, 3.05) is 6.61 Å². The zero-order valence-corrected chi connectivity index (χ0v) is 29.1. The Balaban J connectivity index is 5.51. The third-order valence-electron chi connectivity index (χ3n) is 8.03. The minimum absolute atomic E-state index is 0.00460. The molecule has 0 saturated heterocycles. The first-order valence-corrected chi connectivity index (χ1v) is 16.1. The lowest BCUT2D eigenvalue weighted by molar-refractivity contribution is -0.153. The number of ether oxygens (including phenoxy) is 1. The molecule has 0 bridgehead atoms. The van der Waals surface area contributed by atoms with Gasteiger partial charge in [0.25, 0.3) is 0 Å². The number of hydrogen-bond acceptors (Lipinski definition) is 2. The summed E-state index contributed by atoms with van der Waals surface area (Å²) in [6.07, 6.45) is 9.05. The van der Waals surface area contributed by atoms with E-state index in [2.05, 4.69) is 111 Å². The van der Waals surface area contributed by atoms with Crippen LogP contribution in [0.25, 0.3) is 0 Å². The molecule has 0 aliphatic heterocycles. The van der Waals surface area contributed by atoms with E-state index in [1.165, 1.54) is 19.3 Å². The summed E-state index contributed by atoms with van der Waals surface area (Å²) in [5.41, 5.74) is 1.18. The molecule has 0 spiro atoms. The minimum atomic E-state index is -0.00460. The Morgan fingerprint density at radius 1 is 0.526 bits per heavy atom. The second kappa shape index (κ2) is 15.5. The highest BCUT2D eigenvalue weighted by Gasteiger charge is 2.32. The van der Waals surface area contributed by atoms with Crippen LogP contribution in [0.3, 0.4) is 0 Å². The van der Waals surface area contributed by atoms with Gasteiger partial charge < -0.3 is 4.74 Å². The van der Waals surface area contributed by atoms with E-state index in [1.807, 2.05) is 0 Å². The van der Waals surface area contributed by atoms with Crippen molar-refractivity contribution < 1.29 is 9.53 Å². The lowest BCUT2D eigenvalue weighted by Gasteiger charge is -2.33. The molecule has 38 heavy (non-hydrogen) atoms. The molecule has 0 fully saturated rings. The highest BCUT2D eigenvalue weighted by Crippen LogP contribution is 2.36. The molecule has 0 rings (SSSR count). The third kappa shape index (κ3) is 19.5. The van der Waals surface area contributed by atoms with Gasteiger partial charge in [0, 0.05) is 0 Å². The van der Waals surface area contributed by atoms with Gasteiger partial charge in [0.05, 0.1) is 12.5 Å². The van der Waals surface area contributed by atoms with Crippen LogP contribution in [0.4, 0.5) is 0 Å². The SMILES string of the molecule is CC(CCC(COC(=O)C(CCC(C)CC(C)(C)C)C(C)CC(C)(C)C)C(C)CC(C)(C)C)CC(C)(C)C. The van der Waals surface area contributed by atoms with Crippen LogP contribution in [0, 0.1) is 57.2 Å². The van der Waals surface area contributed by atoms with Gasteiger partial charge in [-0.2, -0.15) is 0 Å². The first-order valence-electron chi connectivity index (χ1n) is 16.1. The van der Waals surface area contributed by atoms with Gasteiger partial charge in [0.15, 0.2) is 0 Å². The van der Waals surface area contributed by atoms with Crippen LogP contribution in [-0.4, -0.2) is 12.6 Å². The summed E-state index contributed by atoms with van der Waals surface area (Å²) < 4.78 is 6.27. The van der Waals surface area contributed by atoms with E-state index in [-0.39, 0.29) is 22.7 Å². The van der Waals surface area contributed by atoms with Gasteiger partial charge in [-0.05, 0) is 96.2 Å². The molecule has 2 heteroatoms. The number of hydrogen-bond donors (Lipinski definition) is 0. The van der Waals surface area contributed by atoms with Crippen LogP contribution in [0.1, 0.15) is 162 Å². The fraction of sp³-hybridized carbons (Fsp3) is 0.972. The van der Waals surface area contributed by atoms with Crippen molar-refractivity contribution in [2.24, 2.45) is 57.2 Å². The first kappa shape index (κ1) is 37.5. The van der Waals surface area contributed by atoms with Crippen molar-refractivity contribution in [3.8, 4) is 0 Å². The van der Waals surface area contributed by atoms with Gasteiger partial charge >= 0.3 is 5.97 Å². The molecule has 0 amide bonds. The summed E-state index contributed by atoms with van der Waals surface area (Å²) in [6.45, 7) is 37.8. The van der Waals surface area contributed by atoms with E-state index in [1.54, 1.807) is 0 Å². The van der Waals surface area contributed by atoms with Crippen molar-refractivity contribution in [1.29, 1.82) is 0 Å². The zero-order chi connectivity index (χ0) is 30.1. The summed E-state index contributed by atoms with van der Waals surface area (Å²) in [5, 5.41) is 0. The maximum Gasteiger partial charge on any atom is 0.309 e. The molecule has 0 aromatic heterocycles. The monoisotopic (exact) mass is 537 g/mol. The van der Waals surface area contributed by atoms with E-state index in [0.717, 1.165) is 32.1 Å². The predicted octanol–water partition coefficient (Wildman–Crippen LogP) is 11.6. The van der Waals surface area contributed by atoms with Gasteiger partial charge in [0.2, 0.25) is 0 Å². The van der Waals surface area contributed by atoms with E-state index >= 15 is 0 Å². The summed E-state index contributed by atoms with van der Waals surface area (Å²) in [7, 11) is 0. The second-order valence-electron chi connectivity index (χ2n) is 18.4. The standard InChI is InChI=1S/C36H72O2/c1-26(21-33(5,6)7)17-19-30(28(3)23-35(11,12)13)25-38-32(37)31(29(4)24-36(14,15)16)20-18-27(2)22-34(8,9)10/h26-31H,17-25H2,1-16H3. The molecule has 0 aliphatic carbocycles. The molecule has 0 radical (unpaired) electrons. The molecular formula is C36H72O2. The molecular weight excluding hydrogens is 464 g/mol. The molecule has 0 aromatic carbocycles. The molecule has 0 aliphatic rings. The van der Waals surface area contributed by atoms with E-state index < -0.39 is 0 Å². The molecule has 0 saturated carbocycles. The molecule has 228 valence electrons. The maximum absolute atomic E-state index is 13.7. The lowest BCUT2D eigenvalue weighted by atomic mass is 9.76. The van der Waals surface area contributed by atoms with Crippen molar-refractivity contribution in [2.45, 2.75) is 162 Å². The van der Waals surface area contributed by atoms with E-state index in [0.29, 0.717) is 47.0 Å². The first-order chi connectivity index (χ1) is 16.9. The van der Waals surface area contributed by atoms with Gasteiger partial charge in [0.1, 0.15) is 0 Å². The Morgan fingerprint density at radius 3 is 1.29 bits per heavy atom. The van der Waals surface area contributed by atoms with Crippen molar-refractivity contribution >= 4 is 5.97 Å². The summed E-state index contributed by atoms with van der Waals surface area (Å²) >= 11 is 0. The Labute approximate surface area is 241 Å².